The highest BCUT2D eigenvalue weighted by molar-refractivity contribution is 4.91. The summed E-state index contributed by atoms with van der Waals surface area (Å²) in [6.07, 6.45) is 1.05. The standard InChI is InChI=1S/C11H22N4O/c1-5-6-12-11(4,8-16)7-15-10(3)13-9(2)14-15/h12,16H,5-8H2,1-4H3. The highest BCUT2D eigenvalue weighted by Crippen LogP contribution is 2.08. The zero-order valence-corrected chi connectivity index (χ0v) is 10.6. The van der Waals surface area contributed by atoms with E-state index in [1.807, 2.05) is 25.5 Å². The van der Waals surface area contributed by atoms with E-state index in [0.29, 0.717) is 6.54 Å². The van der Waals surface area contributed by atoms with Gasteiger partial charge in [-0.15, -0.1) is 0 Å². The van der Waals surface area contributed by atoms with Gasteiger partial charge in [0.05, 0.1) is 18.7 Å². The lowest BCUT2D eigenvalue weighted by Crippen LogP contribution is -2.49. The van der Waals surface area contributed by atoms with Crippen LogP contribution in [-0.4, -0.2) is 38.6 Å². The van der Waals surface area contributed by atoms with Gasteiger partial charge in [-0.1, -0.05) is 6.92 Å². The van der Waals surface area contributed by atoms with Crippen molar-refractivity contribution in [3.63, 3.8) is 0 Å². The van der Waals surface area contributed by atoms with Crippen molar-refractivity contribution in [3.8, 4) is 0 Å². The highest BCUT2D eigenvalue weighted by Gasteiger charge is 2.24. The summed E-state index contributed by atoms with van der Waals surface area (Å²) in [5.74, 6) is 1.66. The quantitative estimate of drug-likeness (QED) is 0.747. The molecular formula is C11H22N4O. The third kappa shape index (κ3) is 3.28. The molecule has 1 aromatic rings. The molecule has 0 spiro atoms. The fourth-order valence-electron chi connectivity index (χ4n) is 1.63. The van der Waals surface area contributed by atoms with Gasteiger partial charge < -0.3 is 10.4 Å². The lowest BCUT2D eigenvalue weighted by atomic mass is 10.0. The number of nitrogens with one attached hydrogen (secondary N) is 1. The normalized spacial score (nSPS) is 15.1. The second kappa shape index (κ2) is 5.41. The Kier molecular flexibility index (Phi) is 4.44. The largest absolute Gasteiger partial charge is 0.394 e. The van der Waals surface area contributed by atoms with E-state index in [9.17, 15) is 5.11 Å². The van der Waals surface area contributed by atoms with Gasteiger partial charge in [-0.3, -0.25) is 0 Å². The molecule has 1 rings (SSSR count). The first-order valence-electron chi connectivity index (χ1n) is 5.74. The van der Waals surface area contributed by atoms with Gasteiger partial charge in [0.25, 0.3) is 0 Å². The summed E-state index contributed by atoms with van der Waals surface area (Å²) >= 11 is 0. The van der Waals surface area contributed by atoms with Crippen molar-refractivity contribution in [2.75, 3.05) is 13.2 Å². The van der Waals surface area contributed by atoms with E-state index in [1.54, 1.807) is 0 Å². The Morgan fingerprint density at radius 3 is 2.56 bits per heavy atom. The van der Waals surface area contributed by atoms with E-state index in [2.05, 4.69) is 22.3 Å². The fraction of sp³-hybridized carbons (Fsp3) is 0.818. The molecule has 0 aromatic carbocycles. The monoisotopic (exact) mass is 226 g/mol. The van der Waals surface area contributed by atoms with Gasteiger partial charge in [0.1, 0.15) is 11.6 Å². The number of hydrogen-bond donors (Lipinski definition) is 2. The third-order valence-electron chi connectivity index (χ3n) is 2.61. The Balaban J connectivity index is 2.72. The highest BCUT2D eigenvalue weighted by atomic mass is 16.3. The minimum Gasteiger partial charge on any atom is -0.394 e. The van der Waals surface area contributed by atoms with Crippen LogP contribution in [0.15, 0.2) is 0 Å². The summed E-state index contributed by atoms with van der Waals surface area (Å²) < 4.78 is 1.84. The summed E-state index contributed by atoms with van der Waals surface area (Å²) in [5.41, 5.74) is -0.332. The lowest BCUT2D eigenvalue weighted by Gasteiger charge is -2.28. The maximum atomic E-state index is 9.45. The Bertz CT molecular complexity index is 337. The third-order valence-corrected chi connectivity index (χ3v) is 2.61. The molecule has 2 N–H and O–H groups in total. The average molecular weight is 226 g/mol. The molecule has 92 valence electrons. The number of aliphatic hydroxyl groups is 1. The fourth-order valence-corrected chi connectivity index (χ4v) is 1.63. The maximum absolute atomic E-state index is 9.45. The van der Waals surface area contributed by atoms with E-state index in [4.69, 9.17) is 0 Å². The first kappa shape index (κ1) is 13.1. The number of nitrogens with zero attached hydrogens (tertiary/aromatic N) is 3. The van der Waals surface area contributed by atoms with Gasteiger partial charge in [-0.25, -0.2) is 9.67 Å². The van der Waals surface area contributed by atoms with Gasteiger partial charge >= 0.3 is 0 Å². The SMILES string of the molecule is CCCNC(C)(CO)Cn1nc(C)nc1C. The van der Waals surface area contributed by atoms with Crippen LogP contribution in [0.5, 0.6) is 0 Å². The predicted octanol–water partition coefficient (Wildman–Crippen LogP) is 0.646. The molecule has 1 heterocycles. The van der Waals surface area contributed by atoms with E-state index in [-0.39, 0.29) is 12.1 Å². The number of aliphatic hydroxyl groups excluding tert-OH is 1. The molecule has 0 amide bonds. The Morgan fingerprint density at radius 1 is 1.44 bits per heavy atom. The van der Waals surface area contributed by atoms with Crippen LogP contribution in [0.2, 0.25) is 0 Å². The van der Waals surface area contributed by atoms with E-state index in [1.165, 1.54) is 0 Å². The summed E-state index contributed by atoms with van der Waals surface area (Å²) in [5, 5.41) is 17.1. The second-order valence-electron chi connectivity index (χ2n) is 4.51. The predicted molar refractivity (Wildman–Crippen MR) is 63.3 cm³/mol. The van der Waals surface area contributed by atoms with Crippen LogP contribution in [-0.2, 0) is 6.54 Å². The average Bonchev–Trinajstić information content (AvgIpc) is 2.54. The van der Waals surface area contributed by atoms with E-state index < -0.39 is 0 Å². The van der Waals surface area contributed by atoms with Crippen LogP contribution >= 0.6 is 0 Å². The van der Waals surface area contributed by atoms with Crippen LogP contribution in [0.1, 0.15) is 31.9 Å². The molecule has 0 aliphatic carbocycles. The topological polar surface area (TPSA) is 63.0 Å². The van der Waals surface area contributed by atoms with E-state index in [0.717, 1.165) is 24.6 Å². The maximum Gasteiger partial charge on any atom is 0.147 e. The van der Waals surface area contributed by atoms with Gasteiger partial charge in [-0.2, -0.15) is 5.10 Å². The van der Waals surface area contributed by atoms with Crippen molar-refractivity contribution in [3.05, 3.63) is 11.6 Å². The minimum atomic E-state index is -0.332. The summed E-state index contributed by atoms with van der Waals surface area (Å²) in [7, 11) is 0. The van der Waals surface area contributed by atoms with Crippen LogP contribution in [0.4, 0.5) is 0 Å². The van der Waals surface area contributed by atoms with Gasteiger partial charge in [-0.05, 0) is 33.7 Å². The van der Waals surface area contributed by atoms with Gasteiger partial charge in [0.2, 0.25) is 0 Å². The molecule has 0 aliphatic rings. The van der Waals surface area contributed by atoms with Gasteiger partial charge in [0.15, 0.2) is 0 Å². The number of aromatic nitrogens is 3. The molecule has 0 saturated heterocycles. The molecule has 0 fully saturated rings. The second-order valence-corrected chi connectivity index (χ2v) is 4.51. The van der Waals surface area contributed by atoms with Crippen molar-refractivity contribution in [2.24, 2.45) is 0 Å². The molecule has 16 heavy (non-hydrogen) atoms. The van der Waals surface area contributed by atoms with Crippen molar-refractivity contribution in [1.29, 1.82) is 0 Å². The molecule has 0 saturated carbocycles. The number of rotatable bonds is 6. The summed E-state index contributed by atoms with van der Waals surface area (Å²) in [6.45, 7) is 9.52. The molecular weight excluding hydrogens is 204 g/mol. The van der Waals surface area contributed by atoms with Crippen LogP contribution in [0, 0.1) is 13.8 Å². The number of aryl methyl sites for hydroxylation is 2. The zero-order chi connectivity index (χ0) is 12.2. The lowest BCUT2D eigenvalue weighted by molar-refractivity contribution is 0.152. The summed E-state index contributed by atoms with van der Waals surface area (Å²) in [6, 6.07) is 0. The molecule has 0 aliphatic heterocycles. The van der Waals surface area contributed by atoms with E-state index >= 15 is 0 Å². The van der Waals surface area contributed by atoms with Crippen LogP contribution in [0.25, 0.3) is 0 Å². The molecule has 5 nitrogen and oxygen atoms in total. The molecule has 1 unspecified atom stereocenters. The molecule has 0 radical (unpaired) electrons. The van der Waals surface area contributed by atoms with Crippen molar-refractivity contribution in [2.45, 2.75) is 46.2 Å². The first-order chi connectivity index (χ1) is 7.50. The molecule has 1 atom stereocenters. The van der Waals surface area contributed by atoms with Crippen molar-refractivity contribution < 1.29 is 5.11 Å². The zero-order valence-electron chi connectivity index (χ0n) is 10.6. The molecule has 0 bridgehead atoms. The van der Waals surface area contributed by atoms with Crippen molar-refractivity contribution in [1.82, 2.24) is 20.1 Å². The Hall–Kier alpha value is -0.940. The smallest absolute Gasteiger partial charge is 0.147 e. The first-order valence-corrected chi connectivity index (χ1v) is 5.74. The van der Waals surface area contributed by atoms with Gasteiger partial charge in [0, 0.05) is 0 Å². The Morgan fingerprint density at radius 2 is 2.12 bits per heavy atom. The van der Waals surface area contributed by atoms with Crippen LogP contribution in [0.3, 0.4) is 0 Å². The van der Waals surface area contributed by atoms with Crippen LogP contribution < -0.4 is 5.32 Å². The molecule has 1 aromatic heterocycles. The molecule has 5 heteroatoms. The minimum absolute atomic E-state index is 0.0886. The van der Waals surface area contributed by atoms with Crippen molar-refractivity contribution >= 4 is 0 Å². The number of hydrogen-bond acceptors (Lipinski definition) is 4. The Labute approximate surface area is 96.9 Å². The summed E-state index contributed by atoms with van der Waals surface area (Å²) in [4.78, 5) is 4.25.